The molecule has 2 aromatic heterocycles. The van der Waals surface area contributed by atoms with Gasteiger partial charge in [0.2, 0.25) is 0 Å². The van der Waals surface area contributed by atoms with Crippen molar-refractivity contribution < 1.29 is 14.3 Å². The van der Waals surface area contributed by atoms with E-state index < -0.39 is 12.1 Å². The van der Waals surface area contributed by atoms with Crippen molar-refractivity contribution in [2.75, 3.05) is 0 Å². The zero-order chi connectivity index (χ0) is 20.1. The second-order valence-electron chi connectivity index (χ2n) is 6.26. The van der Waals surface area contributed by atoms with Gasteiger partial charge >= 0.3 is 5.97 Å². The Bertz CT molecular complexity index is 971. The topological polar surface area (TPSA) is 94.1 Å². The minimum Gasteiger partial charge on any atom is -0.448 e. The number of esters is 1. The van der Waals surface area contributed by atoms with E-state index in [9.17, 15) is 9.59 Å². The molecule has 0 aliphatic carbocycles. The molecule has 0 saturated heterocycles. The summed E-state index contributed by atoms with van der Waals surface area (Å²) >= 11 is 1.14. The molecule has 144 valence electrons. The molecule has 0 radical (unpaired) electrons. The number of thiazole rings is 1. The molecule has 1 amide bonds. The number of carbonyl (C=O) groups excluding carboxylic acids is 2. The van der Waals surface area contributed by atoms with Gasteiger partial charge in [-0.05, 0) is 32.4 Å². The monoisotopic (exact) mass is 396 g/mol. The van der Waals surface area contributed by atoms with Crippen molar-refractivity contribution in [3.63, 3.8) is 0 Å². The molecule has 0 spiro atoms. The molecule has 1 unspecified atom stereocenters. The lowest BCUT2D eigenvalue weighted by atomic mass is 10.1. The van der Waals surface area contributed by atoms with Crippen molar-refractivity contribution in [2.24, 2.45) is 0 Å². The minimum absolute atomic E-state index is 0.334. The number of benzene rings is 1. The number of aryl methyl sites for hydroxylation is 2. The van der Waals surface area contributed by atoms with Crippen molar-refractivity contribution in [1.82, 2.24) is 20.3 Å². The van der Waals surface area contributed by atoms with E-state index in [2.05, 4.69) is 20.3 Å². The van der Waals surface area contributed by atoms with Crippen LogP contribution in [-0.4, -0.2) is 32.9 Å². The Labute approximate surface area is 166 Å². The van der Waals surface area contributed by atoms with E-state index in [-0.39, 0.29) is 5.91 Å². The third-order valence-electron chi connectivity index (χ3n) is 3.98. The van der Waals surface area contributed by atoms with Gasteiger partial charge < -0.3 is 10.1 Å². The lowest BCUT2D eigenvalue weighted by Crippen LogP contribution is -2.35. The largest absolute Gasteiger partial charge is 0.448 e. The van der Waals surface area contributed by atoms with Gasteiger partial charge in [0.1, 0.15) is 4.88 Å². The van der Waals surface area contributed by atoms with Gasteiger partial charge in [-0.25, -0.2) is 19.7 Å². The SMILES string of the molecule is Cc1ccc(CNC(=O)C(C)OC(=O)c2sc(-c3ncccn3)nc2C)cc1. The number of hydrogen-bond acceptors (Lipinski definition) is 7. The fourth-order valence-electron chi connectivity index (χ4n) is 2.40. The first-order chi connectivity index (χ1) is 13.4. The Kier molecular flexibility index (Phi) is 6.10. The van der Waals surface area contributed by atoms with Crippen LogP contribution in [0.5, 0.6) is 0 Å². The molecule has 7 nitrogen and oxygen atoms in total. The highest BCUT2D eigenvalue weighted by Gasteiger charge is 2.23. The summed E-state index contributed by atoms with van der Waals surface area (Å²) in [6.45, 7) is 5.62. The van der Waals surface area contributed by atoms with Crippen molar-refractivity contribution >= 4 is 23.2 Å². The Morgan fingerprint density at radius 2 is 1.82 bits per heavy atom. The van der Waals surface area contributed by atoms with Crippen molar-refractivity contribution in [3.05, 3.63) is 64.4 Å². The minimum atomic E-state index is -0.920. The summed E-state index contributed by atoms with van der Waals surface area (Å²) in [5.41, 5.74) is 2.64. The highest BCUT2D eigenvalue weighted by atomic mass is 32.1. The Hall–Kier alpha value is -3.13. The second-order valence-corrected chi connectivity index (χ2v) is 7.26. The van der Waals surface area contributed by atoms with E-state index in [4.69, 9.17) is 4.74 Å². The van der Waals surface area contributed by atoms with E-state index >= 15 is 0 Å². The molecule has 1 atom stereocenters. The molecule has 1 aromatic carbocycles. The predicted molar refractivity (Wildman–Crippen MR) is 106 cm³/mol. The van der Waals surface area contributed by atoms with Gasteiger partial charge in [0.15, 0.2) is 16.9 Å². The smallest absolute Gasteiger partial charge is 0.351 e. The predicted octanol–water partition coefficient (Wildman–Crippen LogP) is 3.08. The van der Waals surface area contributed by atoms with Gasteiger partial charge in [-0.2, -0.15) is 0 Å². The van der Waals surface area contributed by atoms with E-state index in [1.54, 1.807) is 32.3 Å². The average molecular weight is 396 g/mol. The molecule has 1 N–H and O–H groups in total. The number of nitrogens with one attached hydrogen (secondary N) is 1. The molecule has 0 bridgehead atoms. The first-order valence-corrected chi connectivity index (χ1v) is 9.54. The zero-order valence-electron chi connectivity index (χ0n) is 15.8. The molecule has 0 aliphatic rings. The quantitative estimate of drug-likeness (QED) is 0.644. The van der Waals surface area contributed by atoms with Crippen LogP contribution in [0.2, 0.25) is 0 Å². The molecular formula is C20H20N4O3S. The summed E-state index contributed by atoms with van der Waals surface area (Å²) < 4.78 is 5.31. The van der Waals surface area contributed by atoms with E-state index in [1.165, 1.54) is 0 Å². The van der Waals surface area contributed by atoms with Gasteiger partial charge in [-0.3, -0.25) is 4.79 Å². The Balaban J connectivity index is 1.60. The molecule has 0 fully saturated rings. The third-order valence-corrected chi connectivity index (χ3v) is 5.11. The van der Waals surface area contributed by atoms with Crippen molar-refractivity contribution in [3.8, 4) is 10.8 Å². The van der Waals surface area contributed by atoms with Crippen LogP contribution >= 0.6 is 11.3 Å². The summed E-state index contributed by atoms with van der Waals surface area (Å²) in [4.78, 5) is 37.6. The first-order valence-electron chi connectivity index (χ1n) is 8.73. The number of aromatic nitrogens is 3. The van der Waals surface area contributed by atoms with Crippen LogP contribution in [0.15, 0.2) is 42.7 Å². The van der Waals surface area contributed by atoms with Crippen LogP contribution in [0.3, 0.4) is 0 Å². The maximum atomic E-state index is 12.5. The maximum absolute atomic E-state index is 12.5. The molecule has 8 heteroatoms. The van der Waals surface area contributed by atoms with Gasteiger partial charge in [0.25, 0.3) is 5.91 Å². The van der Waals surface area contributed by atoms with Crippen molar-refractivity contribution in [2.45, 2.75) is 33.4 Å². The molecule has 0 aliphatic heterocycles. The number of ether oxygens (including phenoxy) is 1. The van der Waals surface area contributed by atoms with E-state index in [1.807, 2.05) is 31.2 Å². The fraction of sp³-hybridized carbons (Fsp3) is 0.250. The zero-order valence-corrected chi connectivity index (χ0v) is 16.6. The molecule has 28 heavy (non-hydrogen) atoms. The number of rotatable bonds is 6. The van der Waals surface area contributed by atoms with Crippen LogP contribution in [0, 0.1) is 13.8 Å². The highest BCUT2D eigenvalue weighted by Crippen LogP contribution is 2.26. The van der Waals surface area contributed by atoms with E-state index in [0.29, 0.717) is 27.9 Å². The highest BCUT2D eigenvalue weighted by molar-refractivity contribution is 7.16. The van der Waals surface area contributed by atoms with Gasteiger partial charge in [-0.15, -0.1) is 11.3 Å². The Morgan fingerprint density at radius 1 is 1.14 bits per heavy atom. The maximum Gasteiger partial charge on any atom is 0.351 e. The van der Waals surface area contributed by atoms with Gasteiger partial charge in [-0.1, -0.05) is 29.8 Å². The number of nitrogens with zero attached hydrogens (tertiary/aromatic N) is 3. The summed E-state index contributed by atoms with van der Waals surface area (Å²) in [6.07, 6.45) is 2.30. The molecule has 3 rings (SSSR count). The number of hydrogen-bond donors (Lipinski definition) is 1. The van der Waals surface area contributed by atoms with Crippen molar-refractivity contribution in [1.29, 1.82) is 0 Å². The third kappa shape index (κ3) is 4.77. The van der Waals surface area contributed by atoms with Gasteiger partial charge in [0, 0.05) is 18.9 Å². The van der Waals surface area contributed by atoms with Crippen LogP contribution in [0.1, 0.15) is 33.4 Å². The lowest BCUT2D eigenvalue weighted by molar-refractivity contribution is -0.129. The molecule has 2 heterocycles. The molecule has 3 aromatic rings. The lowest BCUT2D eigenvalue weighted by Gasteiger charge is -2.13. The fourth-order valence-corrected chi connectivity index (χ4v) is 3.29. The van der Waals surface area contributed by atoms with Crippen LogP contribution in [0.4, 0.5) is 0 Å². The standard InChI is InChI=1S/C20H20N4O3S/c1-12-5-7-15(8-6-12)11-23-18(25)14(3)27-20(26)16-13(2)24-19(28-16)17-21-9-4-10-22-17/h4-10,14H,11H2,1-3H3,(H,23,25). The first kappa shape index (κ1) is 19.6. The number of carbonyl (C=O) groups is 2. The summed E-state index contributed by atoms with van der Waals surface area (Å²) in [7, 11) is 0. The van der Waals surface area contributed by atoms with Crippen LogP contribution < -0.4 is 5.32 Å². The van der Waals surface area contributed by atoms with E-state index in [0.717, 1.165) is 22.5 Å². The molecule has 0 saturated carbocycles. The summed E-state index contributed by atoms with van der Waals surface area (Å²) in [5, 5.41) is 3.30. The average Bonchev–Trinajstić information content (AvgIpc) is 3.09. The normalized spacial score (nSPS) is 11.7. The number of amides is 1. The summed E-state index contributed by atoms with van der Waals surface area (Å²) in [6, 6.07) is 9.55. The Morgan fingerprint density at radius 3 is 2.50 bits per heavy atom. The van der Waals surface area contributed by atoms with Crippen LogP contribution in [-0.2, 0) is 16.1 Å². The molecular weight excluding hydrogens is 376 g/mol. The van der Waals surface area contributed by atoms with Crippen LogP contribution in [0.25, 0.3) is 10.8 Å². The second kappa shape index (κ2) is 8.71. The summed E-state index contributed by atoms with van der Waals surface area (Å²) in [5.74, 6) is -0.503. The van der Waals surface area contributed by atoms with Gasteiger partial charge in [0.05, 0.1) is 5.69 Å².